The van der Waals surface area contributed by atoms with Crippen molar-refractivity contribution in [1.29, 1.82) is 0 Å². The van der Waals surface area contributed by atoms with E-state index < -0.39 is 12.0 Å². The van der Waals surface area contributed by atoms with Crippen LogP contribution in [-0.2, 0) is 19.4 Å². The molecule has 1 atom stereocenters. The summed E-state index contributed by atoms with van der Waals surface area (Å²) in [7, 11) is 3.41. The normalized spacial score (nSPS) is 12.0. The van der Waals surface area contributed by atoms with Crippen LogP contribution in [0.1, 0.15) is 86.9 Å². The molecule has 61 heavy (non-hydrogen) atoms. The van der Waals surface area contributed by atoms with Crippen molar-refractivity contribution in [3.05, 3.63) is 170 Å². The van der Waals surface area contributed by atoms with Crippen molar-refractivity contribution in [2.45, 2.75) is 59.1 Å². The largest absolute Gasteiger partial charge is 0.506 e. The number of aryl methyl sites for hydroxylation is 1. The summed E-state index contributed by atoms with van der Waals surface area (Å²) in [4.78, 5) is 47.2. The second kappa shape index (κ2) is 17.7. The van der Waals surface area contributed by atoms with E-state index in [2.05, 4.69) is 47.3 Å². The number of anilines is 2. The molecule has 0 unspecified atom stereocenters. The number of H-pyrrole nitrogens is 1. The number of nitrogens with one attached hydrogen (secondary N) is 2. The molecule has 0 bridgehead atoms. The van der Waals surface area contributed by atoms with E-state index in [-0.39, 0.29) is 28.2 Å². The zero-order chi connectivity index (χ0) is 43.4. The lowest BCUT2D eigenvalue weighted by Crippen LogP contribution is -2.26. The van der Waals surface area contributed by atoms with Crippen LogP contribution in [0.4, 0.5) is 11.4 Å². The molecule has 0 saturated carbocycles. The molecule has 7 aromatic rings. The predicted molar refractivity (Wildman–Crippen MR) is 241 cm³/mol. The van der Waals surface area contributed by atoms with Gasteiger partial charge in [-0.25, -0.2) is 0 Å². The summed E-state index contributed by atoms with van der Waals surface area (Å²) < 4.78 is 5.41. The van der Waals surface area contributed by atoms with Gasteiger partial charge in [0.2, 0.25) is 5.56 Å². The minimum absolute atomic E-state index is 0.0414. The number of pyridine rings is 2. The minimum Gasteiger partial charge on any atom is -0.506 e. The first kappa shape index (κ1) is 42.2. The number of carbonyl (C=O) groups excluding carboxylic acids is 2. The van der Waals surface area contributed by atoms with Gasteiger partial charge in [-0.15, -0.1) is 0 Å². The molecule has 0 aliphatic carbocycles. The van der Waals surface area contributed by atoms with Crippen molar-refractivity contribution < 1.29 is 24.5 Å². The molecule has 0 saturated heterocycles. The molecule has 0 radical (unpaired) electrons. The molecule has 0 fully saturated rings. The van der Waals surface area contributed by atoms with Gasteiger partial charge in [0, 0.05) is 53.9 Å². The smallest absolute Gasteiger partial charge is 0.253 e. The number of methoxy groups -OCH3 is 1. The van der Waals surface area contributed by atoms with Crippen molar-refractivity contribution >= 4 is 45.0 Å². The summed E-state index contributed by atoms with van der Waals surface area (Å²) >= 11 is 0. The summed E-state index contributed by atoms with van der Waals surface area (Å²) in [6, 6.07) is 33.8. The topological polar surface area (TPSA) is 171 Å². The highest BCUT2D eigenvalue weighted by atomic mass is 16.5. The van der Waals surface area contributed by atoms with E-state index in [4.69, 9.17) is 10.5 Å². The summed E-state index contributed by atoms with van der Waals surface area (Å²) in [5.74, 6) is -0.0356. The van der Waals surface area contributed by atoms with Crippen molar-refractivity contribution in [3.8, 4) is 11.5 Å². The van der Waals surface area contributed by atoms with Crippen LogP contribution in [0.3, 0.4) is 0 Å². The first-order valence-electron chi connectivity index (χ1n) is 20.3. The Hall–Kier alpha value is -6.98. The zero-order valence-corrected chi connectivity index (χ0v) is 35.1. The van der Waals surface area contributed by atoms with Crippen LogP contribution in [0, 0.1) is 12.3 Å². The van der Waals surface area contributed by atoms with E-state index in [0.717, 1.165) is 44.4 Å². The summed E-state index contributed by atoms with van der Waals surface area (Å²) in [5.41, 5.74) is 14.3. The summed E-state index contributed by atoms with van der Waals surface area (Å²) in [6.07, 6.45) is 3.20. The lowest BCUT2D eigenvalue weighted by atomic mass is 9.80. The number of rotatable bonds is 15. The Balaban J connectivity index is 1.02. The maximum Gasteiger partial charge on any atom is 0.253 e. The fourth-order valence-electron chi connectivity index (χ4n) is 8.15. The molecule has 2 heterocycles. The maximum absolute atomic E-state index is 13.8. The maximum atomic E-state index is 13.8. The van der Waals surface area contributed by atoms with E-state index in [1.165, 1.54) is 18.3 Å². The second-order valence-corrected chi connectivity index (χ2v) is 16.6. The Labute approximate surface area is 354 Å². The van der Waals surface area contributed by atoms with Gasteiger partial charge in [-0.3, -0.25) is 19.4 Å². The van der Waals surface area contributed by atoms with Gasteiger partial charge in [-0.2, -0.15) is 0 Å². The third-order valence-electron chi connectivity index (χ3n) is 11.2. The highest BCUT2D eigenvalue weighted by molar-refractivity contribution is 6.08. The molecule has 0 spiro atoms. The van der Waals surface area contributed by atoms with Gasteiger partial charge in [-0.1, -0.05) is 68.4 Å². The number of nitrogens with two attached hydrogens (primary N) is 1. The van der Waals surface area contributed by atoms with E-state index in [1.54, 1.807) is 24.1 Å². The summed E-state index contributed by atoms with van der Waals surface area (Å²) in [6.45, 7) is 6.71. The number of amides is 2. The summed E-state index contributed by atoms with van der Waals surface area (Å²) in [5, 5.41) is 26.2. The van der Waals surface area contributed by atoms with E-state index in [0.29, 0.717) is 65.7 Å². The predicted octanol–water partition coefficient (Wildman–Crippen LogP) is 8.89. The van der Waals surface area contributed by atoms with Crippen LogP contribution in [0.25, 0.3) is 21.8 Å². The zero-order valence-electron chi connectivity index (χ0n) is 35.1. The number of ether oxygens (including phenoxy) is 1. The van der Waals surface area contributed by atoms with Crippen LogP contribution in [-0.4, -0.2) is 51.1 Å². The highest BCUT2D eigenvalue weighted by Gasteiger charge is 2.24. The Morgan fingerprint density at radius 3 is 2.44 bits per heavy atom. The molecule has 2 aromatic heterocycles. The number of nitrogens with zero attached hydrogens (tertiary/aromatic N) is 2. The van der Waals surface area contributed by atoms with Crippen molar-refractivity contribution in [1.82, 2.24) is 14.9 Å². The fraction of sp³-hybridized carbons (Fsp3) is 0.240. The van der Waals surface area contributed by atoms with Crippen LogP contribution >= 0.6 is 0 Å². The first-order valence-corrected chi connectivity index (χ1v) is 20.3. The molecule has 312 valence electrons. The first-order chi connectivity index (χ1) is 29.2. The van der Waals surface area contributed by atoms with Crippen LogP contribution in [0.2, 0.25) is 0 Å². The van der Waals surface area contributed by atoms with E-state index in [1.807, 2.05) is 80.7 Å². The average molecular weight is 818 g/mol. The Bertz CT molecular complexity index is 2830. The third-order valence-corrected chi connectivity index (χ3v) is 11.2. The number of aromatic amines is 1. The lowest BCUT2D eigenvalue weighted by molar-refractivity contribution is 0.0784. The second-order valence-electron chi connectivity index (χ2n) is 16.6. The van der Waals surface area contributed by atoms with Gasteiger partial charge in [0.15, 0.2) is 0 Å². The number of primary amides is 1. The quantitative estimate of drug-likeness (QED) is 0.0683. The van der Waals surface area contributed by atoms with Gasteiger partial charge in [-0.05, 0) is 114 Å². The lowest BCUT2D eigenvalue weighted by Gasteiger charge is -2.27. The number of aliphatic hydroxyl groups is 1. The van der Waals surface area contributed by atoms with Gasteiger partial charge in [0.1, 0.15) is 11.5 Å². The van der Waals surface area contributed by atoms with Crippen molar-refractivity contribution in [2.24, 2.45) is 11.1 Å². The number of benzene rings is 5. The highest BCUT2D eigenvalue weighted by Crippen LogP contribution is 2.36. The number of fused-ring (bicyclic) bond motifs is 2. The van der Waals surface area contributed by atoms with E-state index in [9.17, 15) is 24.6 Å². The molecule has 0 aliphatic rings. The van der Waals surface area contributed by atoms with Crippen LogP contribution in [0.5, 0.6) is 11.5 Å². The number of phenols is 1. The molecule has 5 aromatic carbocycles. The number of aromatic hydroxyl groups is 1. The Kier molecular flexibility index (Phi) is 12.2. The van der Waals surface area contributed by atoms with E-state index >= 15 is 0 Å². The van der Waals surface area contributed by atoms with Crippen LogP contribution < -0.4 is 21.3 Å². The van der Waals surface area contributed by atoms with Crippen LogP contribution in [0.15, 0.2) is 120 Å². The number of phenolic OH excluding ortho intramolecular Hbond substituents is 1. The molecule has 11 heteroatoms. The molecule has 7 rings (SSSR count). The fourth-order valence-corrected chi connectivity index (χ4v) is 8.15. The Morgan fingerprint density at radius 2 is 1.66 bits per heavy atom. The van der Waals surface area contributed by atoms with Gasteiger partial charge >= 0.3 is 0 Å². The standard InChI is InChI=1S/C50H51N5O6/c1-30-21-34(25-40-45(30)52-28-41(48(51)59)46(40)53-36-13-8-14-37(26-36)61-5)23-31-9-6-11-33(22-31)29-55(4)49(60)35-12-7-10-32(24-35)27-50(2,3)20-19-42(56)38-15-17-43(57)47-39(38)16-18-44(58)54-47/h6-18,21-22,24-26,28,42,56-57H,19-20,23,27,29H2,1-5H3,(H2,51,59)(H,52,53)(H,54,58)/t42-/m0/s1. The molecular formula is C50H51N5O6. The Morgan fingerprint density at radius 1 is 0.902 bits per heavy atom. The molecular weight excluding hydrogens is 767 g/mol. The number of carbonyl (C=O) groups is 2. The number of aromatic nitrogens is 2. The number of hydrogen-bond donors (Lipinski definition) is 5. The van der Waals surface area contributed by atoms with Crippen molar-refractivity contribution in [3.63, 3.8) is 0 Å². The SMILES string of the molecule is COc1cccc(Nc2c(C(N)=O)cnc3c(C)cc(Cc4cccc(CN(C)C(=O)c5cccc(CC(C)(C)CC[C@H](O)c6ccc(O)c7[nH]c(=O)ccc67)c5)c4)cc23)c1. The van der Waals surface area contributed by atoms with Gasteiger partial charge < -0.3 is 35.9 Å². The average Bonchev–Trinajstić information content (AvgIpc) is 3.23. The van der Waals surface area contributed by atoms with Crippen molar-refractivity contribution in [2.75, 3.05) is 19.5 Å². The molecule has 6 N–H and O–H groups in total. The van der Waals surface area contributed by atoms with Gasteiger partial charge in [0.05, 0.1) is 35.5 Å². The number of aliphatic hydroxyl groups excluding tert-OH is 1. The minimum atomic E-state index is -0.792. The molecule has 2 amide bonds. The third kappa shape index (κ3) is 9.74. The molecule has 0 aliphatic heterocycles. The number of hydrogen-bond acceptors (Lipinski definition) is 8. The molecule has 11 nitrogen and oxygen atoms in total. The monoisotopic (exact) mass is 817 g/mol. The van der Waals surface area contributed by atoms with Gasteiger partial charge in [0.25, 0.3) is 11.8 Å².